The van der Waals surface area contributed by atoms with Gasteiger partial charge in [0.1, 0.15) is 6.61 Å². The molecule has 2 N–H and O–H groups in total. The summed E-state index contributed by atoms with van der Waals surface area (Å²) < 4.78 is 5.81. The quantitative estimate of drug-likeness (QED) is 0.616. The number of ether oxygens (including phenoxy) is 1. The molecule has 1 aromatic carbocycles. The second kappa shape index (κ2) is 6.83. The van der Waals surface area contributed by atoms with Crippen LogP contribution < -0.4 is 4.74 Å². The van der Waals surface area contributed by atoms with E-state index < -0.39 is 17.1 Å². The Balaban J connectivity index is 3.19. The first-order valence-electron chi connectivity index (χ1n) is 5.83. The average Bonchev–Trinajstić information content (AvgIpc) is 2.35. The minimum absolute atomic E-state index is 0.00398. The number of hydrogen-bond donors (Lipinski definition) is 2. The third-order valence-corrected chi connectivity index (χ3v) is 3.06. The van der Waals surface area contributed by atoms with Gasteiger partial charge in [-0.1, -0.05) is 22.9 Å². The summed E-state index contributed by atoms with van der Waals surface area (Å²) in [6, 6.07) is 2.87. The molecule has 0 heterocycles. The molecule has 0 aromatic heterocycles. The van der Waals surface area contributed by atoms with Crippen molar-refractivity contribution in [3.8, 4) is 5.75 Å². The van der Waals surface area contributed by atoms with E-state index in [0.717, 1.165) is 0 Å². The van der Waals surface area contributed by atoms with Gasteiger partial charge in [0.25, 0.3) is 0 Å². The van der Waals surface area contributed by atoms with Crippen molar-refractivity contribution in [3.05, 3.63) is 32.3 Å². The maximum Gasteiger partial charge on any atom is 0.312 e. The van der Waals surface area contributed by atoms with Gasteiger partial charge in [0.05, 0.1) is 17.1 Å². The Kier molecular flexibility index (Phi) is 5.71. The number of nitro benzene ring substituents is 1. The molecule has 0 radical (unpaired) electrons. The van der Waals surface area contributed by atoms with Crippen LogP contribution in [0.1, 0.15) is 31.9 Å². The van der Waals surface area contributed by atoms with E-state index in [4.69, 9.17) is 4.74 Å². The first-order valence-corrected chi connectivity index (χ1v) is 6.62. The van der Waals surface area contributed by atoms with Crippen LogP contribution in [0.5, 0.6) is 5.75 Å². The highest BCUT2D eigenvalue weighted by Gasteiger charge is 2.23. The van der Waals surface area contributed by atoms with E-state index in [2.05, 4.69) is 15.9 Å². The maximum atomic E-state index is 11.0. The third kappa shape index (κ3) is 4.15. The molecule has 6 nitrogen and oxygen atoms in total. The standard InChI is InChI=1S/C12H16BrNO5/c1-3-9(16)6-19-12-10(7(2)15)4-8(13)5-11(12)14(17)18/h4-5,7,9,15-16H,3,6H2,1-2H3/t7-,9?/m1/s1. The van der Waals surface area contributed by atoms with Crippen LogP contribution in [-0.4, -0.2) is 27.8 Å². The van der Waals surface area contributed by atoms with Gasteiger partial charge in [-0.25, -0.2) is 0 Å². The number of benzene rings is 1. The van der Waals surface area contributed by atoms with Crippen LogP contribution >= 0.6 is 15.9 Å². The molecule has 0 aliphatic rings. The van der Waals surface area contributed by atoms with E-state index in [1.807, 2.05) is 0 Å². The molecule has 0 aliphatic heterocycles. The van der Waals surface area contributed by atoms with E-state index in [9.17, 15) is 20.3 Å². The van der Waals surface area contributed by atoms with Gasteiger partial charge in [-0.3, -0.25) is 10.1 Å². The number of nitrogens with zero attached hydrogens (tertiary/aromatic N) is 1. The fourth-order valence-corrected chi connectivity index (χ4v) is 1.96. The molecule has 0 spiro atoms. The zero-order chi connectivity index (χ0) is 14.6. The van der Waals surface area contributed by atoms with Crippen LogP contribution in [0.2, 0.25) is 0 Å². The number of aliphatic hydroxyl groups excluding tert-OH is 2. The Morgan fingerprint density at radius 2 is 2.11 bits per heavy atom. The lowest BCUT2D eigenvalue weighted by molar-refractivity contribution is -0.386. The molecule has 7 heteroatoms. The summed E-state index contributed by atoms with van der Waals surface area (Å²) in [5, 5.41) is 30.2. The van der Waals surface area contributed by atoms with E-state index in [1.54, 1.807) is 13.0 Å². The van der Waals surface area contributed by atoms with Crippen molar-refractivity contribution in [1.82, 2.24) is 0 Å². The van der Waals surface area contributed by atoms with Crippen LogP contribution in [0.15, 0.2) is 16.6 Å². The lowest BCUT2D eigenvalue weighted by atomic mass is 10.1. The van der Waals surface area contributed by atoms with Crippen LogP contribution in [0.3, 0.4) is 0 Å². The summed E-state index contributed by atoms with van der Waals surface area (Å²) in [7, 11) is 0. The van der Waals surface area contributed by atoms with Crippen LogP contribution in [0.4, 0.5) is 5.69 Å². The summed E-state index contributed by atoms with van der Waals surface area (Å²) in [6.45, 7) is 3.22. The molecule has 1 aromatic rings. The Hall–Kier alpha value is -1.18. The zero-order valence-electron chi connectivity index (χ0n) is 10.7. The van der Waals surface area contributed by atoms with E-state index in [-0.39, 0.29) is 18.0 Å². The summed E-state index contributed by atoms with van der Waals surface area (Å²) in [6.07, 6.45) is -1.14. The minimum Gasteiger partial charge on any atom is -0.484 e. The largest absolute Gasteiger partial charge is 0.484 e. The number of rotatable bonds is 6. The summed E-state index contributed by atoms with van der Waals surface area (Å²) in [4.78, 5) is 10.4. The van der Waals surface area contributed by atoms with E-state index in [1.165, 1.54) is 13.0 Å². The van der Waals surface area contributed by atoms with Crippen LogP contribution in [0.25, 0.3) is 0 Å². The van der Waals surface area contributed by atoms with E-state index >= 15 is 0 Å². The topological polar surface area (TPSA) is 92.8 Å². The highest BCUT2D eigenvalue weighted by Crippen LogP contribution is 2.37. The number of hydrogen-bond acceptors (Lipinski definition) is 5. The lowest BCUT2D eigenvalue weighted by Gasteiger charge is -2.16. The molecule has 0 bridgehead atoms. The number of nitro groups is 1. The highest BCUT2D eigenvalue weighted by molar-refractivity contribution is 9.10. The fourth-order valence-electron chi connectivity index (χ4n) is 1.50. The predicted molar refractivity (Wildman–Crippen MR) is 73.2 cm³/mol. The Morgan fingerprint density at radius 3 is 2.58 bits per heavy atom. The Morgan fingerprint density at radius 1 is 1.47 bits per heavy atom. The lowest BCUT2D eigenvalue weighted by Crippen LogP contribution is -2.17. The highest BCUT2D eigenvalue weighted by atomic mass is 79.9. The van der Waals surface area contributed by atoms with Crippen molar-refractivity contribution in [2.24, 2.45) is 0 Å². The molecule has 2 atom stereocenters. The average molecular weight is 334 g/mol. The molecule has 0 fully saturated rings. The molecule has 0 aliphatic carbocycles. The van der Waals surface area contributed by atoms with Gasteiger partial charge in [0, 0.05) is 16.1 Å². The molecular formula is C12H16BrNO5. The number of halogens is 1. The van der Waals surface area contributed by atoms with Gasteiger partial charge < -0.3 is 14.9 Å². The first kappa shape index (κ1) is 15.9. The molecule has 1 unspecified atom stereocenters. The monoisotopic (exact) mass is 333 g/mol. The fraction of sp³-hybridized carbons (Fsp3) is 0.500. The summed E-state index contributed by atoms with van der Waals surface area (Å²) in [5.74, 6) is -0.00398. The molecule has 0 amide bonds. The minimum atomic E-state index is -0.912. The predicted octanol–water partition coefficient (Wildman–Crippen LogP) is 2.56. The summed E-state index contributed by atoms with van der Waals surface area (Å²) in [5.41, 5.74) is 0.0676. The molecule has 1 rings (SSSR count). The van der Waals surface area contributed by atoms with Crippen molar-refractivity contribution in [3.63, 3.8) is 0 Å². The van der Waals surface area contributed by atoms with Crippen LogP contribution in [-0.2, 0) is 0 Å². The first-order chi connectivity index (χ1) is 8.86. The molecular weight excluding hydrogens is 318 g/mol. The Labute approximate surface area is 119 Å². The van der Waals surface area contributed by atoms with Gasteiger partial charge in [-0.2, -0.15) is 0 Å². The SMILES string of the molecule is CCC(O)COc1c([C@@H](C)O)cc(Br)cc1[N+](=O)[O-]. The van der Waals surface area contributed by atoms with Crippen molar-refractivity contribution in [1.29, 1.82) is 0 Å². The smallest absolute Gasteiger partial charge is 0.312 e. The van der Waals surface area contributed by atoms with Gasteiger partial charge in [-0.05, 0) is 19.4 Å². The number of aliphatic hydroxyl groups is 2. The summed E-state index contributed by atoms with van der Waals surface area (Å²) >= 11 is 3.16. The van der Waals surface area contributed by atoms with Crippen molar-refractivity contribution < 1.29 is 19.9 Å². The Bertz CT molecular complexity index is 464. The van der Waals surface area contributed by atoms with E-state index in [0.29, 0.717) is 16.5 Å². The molecule has 19 heavy (non-hydrogen) atoms. The second-order valence-electron chi connectivity index (χ2n) is 4.15. The van der Waals surface area contributed by atoms with Gasteiger partial charge >= 0.3 is 5.69 Å². The van der Waals surface area contributed by atoms with Gasteiger partial charge in [0.15, 0.2) is 0 Å². The van der Waals surface area contributed by atoms with Crippen molar-refractivity contribution in [2.75, 3.05) is 6.61 Å². The van der Waals surface area contributed by atoms with Crippen molar-refractivity contribution in [2.45, 2.75) is 32.5 Å². The van der Waals surface area contributed by atoms with Crippen molar-refractivity contribution >= 4 is 21.6 Å². The molecule has 106 valence electrons. The zero-order valence-corrected chi connectivity index (χ0v) is 12.3. The van der Waals surface area contributed by atoms with Gasteiger partial charge in [0.2, 0.25) is 5.75 Å². The normalized spacial score (nSPS) is 13.9. The molecule has 0 saturated carbocycles. The third-order valence-electron chi connectivity index (χ3n) is 2.60. The molecule has 0 saturated heterocycles. The van der Waals surface area contributed by atoms with Gasteiger partial charge in [-0.15, -0.1) is 0 Å². The van der Waals surface area contributed by atoms with Crippen LogP contribution in [0, 0.1) is 10.1 Å². The maximum absolute atomic E-state index is 11.0. The second-order valence-corrected chi connectivity index (χ2v) is 5.07.